The molecule has 2 aromatic rings. The quantitative estimate of drug-likeness (QED) is 0.821. The summed E-state index contributed by atoms with van der Waals surface area (Å²) in [4.78, 5) is 26.0. The van der Waals surface area contributed by atoms with Crippen LogP contribution in [0.15, 0.2) is 53.4 Å². The first-order valence-electron chi connectivity index (χ1n) is 7.46. The van der Waals surface area contributed by atoms with Gasteiger partial charge in [0.25, 0.3) is 11.1 Å². The highest BCUT2D eigenvalue weighted by molar-refractivity contribution is 8.18. The molecule has 0 saturated carbocycles. The van der Waals surface area contributed by atoms with Crippen LogP contribution in [0.3, 0.4) is 0 Å². The zero-order valence-corrected chi connectivity index (χ0v) is 14.2. The van der Waals surface area contributed by atoms with Crippen molar-refractivity contribution in [3.8, 4) is 5.75 Å². The van der Waals surface area contributed by atoms with E-state index in [2.05, 4.69) is 5.32 Å². The predicted molar refractivity (Wildman–Crippen MR) is 95.7 cm³/mol. The van der Waals surface area contributed by atoms with E-state index in [0.29, 0.717) is 21.9 Å². The van der Waals surface area contributed by atoms with E-state index in [1.165, 1.54) is 12.1 Å². The number of imide groups is 1. The summed E-state index contributed by atoms with van der Waals surface area (Å²) in [6.45, 7) is 0.0335. The molecule has 1 fully saturated rings. The lowest BCUT2D eigenvalue weighted by Gasteiger charge is -2.16. The van der Waals surface area contributed by atoms with Crippen LogP contribution in [0.25, 0.3) is 6.08 Å². The Morgan fingerprint density at radius 2 is 1.88 bits per heavy atom. The standard InChI is InChI=1S/C18H15FN2O3S/c1-24-15-5-3-2-4-14(15)20-11-21-17(22)16(25-18(21)23)10-12-6-8-13(19)9-7-12/h2-10,20H,11H2,1H3/b16-10-. The molecule has 1 saturated heterocycles. The fourth-order valence-electron chi connectivity index (χ4n) is 2.30. The molecule has 7 heteroatoms. The molecule has 1 N–H and O–H groups in total. The van der Waals surface area contributed by atoms with Gasteiger partial charge < -0.3 is 10.1 Å². The van der Waals surface area contributed by atoms with Gasteiger partial charge in [-0.1, -0.05) is 24.3 Å². The van der Waals surface area contributed by atoms with Gasteiger partial charge in [0.15, 0.2) is 0 Å². The summed E-state index contributed by atoms with van der Waals surface area (Å²) in [5.74, 6) is -0.121. The highest BCUT2D eigenvalue weighted by Crippen LogP contribution is 2.32. The fraction of sp³-hybridized carbons (Fsp3) is 0.111. The number of thioether (sulfide) groups is 1. The van der Waals surface area contributed by atoms with Crippen LogP contribution in [0, 0.1) is 5.82 Å². The summed E-state index contributed by atoms with van der Waals surface area (Å²) >= 11 is 0.859. The zero-order valence-electron chi connectivity index (χ0n) is 13.4. The maximum atomic E-state index is 13.0. The van der Waals surface area contributed by atoms with Crippen LogP contribution in [-0.4, -0.2) is 29.8 Å². The topological polar surface area (TPSA) is 58.6 Å². The van der Waals surface area contributed by atoms with Gasteiger partial charge in [-0.05, 0) is 47.7 Å². The molecule has 1 heterocycles. The molecule has 5 nitrogen and oxygen atoms in total. The van der Waals surface area contributed by atoms with E-state index < -0.39 is 0 Å². The minimum atomic E-state index is -0.387. The third kappa shape index (κ3) is 3.83. The van der Waals surface area contributed by atoms with Crippen molar-refractivity contribution >= 4 is 34.7 Å². The minimum Gasteiger partial charge on any atom is -0.495 e. The lowest BCUT2D eigenvalue weighted by Crippen LogP contribution is -2.33. The molecule has 0 unspecified atom stereocenters. The summed E-state index contributed by atoms with van der Waals surface area (Å²) in [6, 6.07) is 12.9. The Bertz CT molecular complexity index is 836. The Morgan fingerprint density at radius 3 is 2.60 bits per heavy atom. The molecule has 0 aliphatic carbocycles. The van der Waals surface area contributed by atoms with Crippen molar-refractivity contribution in [2.24, 2.45) is 0 Å². The second kappa shape index (κ2) is 7.40. The number of carbonyl (C=O) groups is 2. The molecule has 0 spiro atoms. The van der Waals surface area contributed by atoms with Crippen molar-refractivity contribution in [1.29, 1.82) is 0 Å². The van der Waals surface area contributed by atoms with E-state index in [1.54, 1.807) is 37.5 Å². The van der Waals surface area contributed by atoms with Crippen molar-refractivity contribution in [3.05, 3.63) is 64.8 Å². The predicted octanol–water partition coefficient (Wildman–Crippen LogP) is 3.94. The molecule has 2 amide bonds. The summed E-state index contributed by atoms with van der Waals surface area (Å²) in [5, 5.41) is 2.67. The van der Waals surface area contributed by atoms with E-state index in [1.807, 2.05) is 12.1 Å². The third-order valence-corrected chi connectivity index (χ3v) is 4.48. The van der Waals surface area contributed by atoms with Crippen LogP contribution in [0.1, 0.15) is 5.56 Å². The number of hydrogen-bond donors (Lipinski definition) is 1. The number of nitrogens with one attached hydrogen (secondary N) is 1. The number of nitrogens with zero attached hydrogens (tertiary/aromatic N) is 1. The summed E-state index contributed by atoms with van der Waals surface area (Å²) in [7, 11) is 1.55. The number of rotatable bonds is 5. The number of methoxy groups -OCH3 is 1. The van der Waals surface area contributed by atoms with E-state index in [9.17, 15) is 14.0 Å². The molecule has 0 bridgehead atoms. The SMILES string of the molecule is COc1ccccc1NCN1C(=O)S/C(=C\c2ccc(F)cc2)C1=O. The van der Waals surface area contributed by atoms with Gasteiger partial charge in [-0.25, -0.2) is 4.39 Å². The number of anilines is 1. The first-order chi connectivity index (χ1) is 12.1. The molecular formula is C18H15FN2O3S. The highest BCUT2D eigenvalue weighted by Gasteiger charge is 2.34. The average Bonchev–Trinajstić information content (AvgIpc) is 2.89. The average molecular weight is 358 g/mol. The third-order valence-electron chi connectivity index (χ3n) is 3.58. The lowest BCUT2D eigenvalue weighted by atomic mass is 10.2. The smallest absolute Gasteiger partial charge is 0.295 e. The number of para-hydroxylation sites is 2. The maximum absolute atomic E-state index is 13.0. The van der Waals surface area contributed by atoms with E-state index in [-0.39, 0.29) is 23.6 Å². The number of ether oxygens (including phenoxy) is 1. The normalized spacial score (nSPS) is 15.8. The van der Waals surface area contributed by atoms with Crippen molar-refractivity contribution in [2.45, 2.75) is 0 Å². The van der Waals surface area contributed by atoms with Crippen molar-refractivity contribution < 1.29 is 18.7 Å². The van der Waals surface area contributed by atoms with Gasteiger partial charge in [-0.15, -0.1) is 0 Å². The first-order valence-corrected chi connectivity index (χ1v) is 8.28. The Morgan fingerprint density at radius 1 is 1.16 bits per heavy atom. The van der Waals surface area contributed by atoms with E-state index in [4.69, 9.17) is 4.74 Å². The van der Waals surface area contributed by atoms with Crippen LogP contribution in [-0.2, 0) is 4.79 Å². The van der Waals surface area contributed by atoms with Crippen LogP contribution in [0.2, 0.25) is 0 Å². The molecule has 128 valence electrons. The second-order valence-corrected chi connectivity index (χ2v) is 6.19. The fourth-order valence-corrected chi connectivity index (χ4v) is 3.14. The van der Waals surface area contributed by atoms with E-state index >= 15 is 0 Å². The molecule has 1 aliphatic heterocycles. The Kier molecular flexibility index (Phi) is 5.04. The Balaban J connectivity index is 1.72. The lowest BCUT2D eigenvalue weighted by molar-refractivity contribution is -0.122. The van der Waals surface area contributed by atoms with Crippen molar-refractivity contribution in [1.82, 2.24) is 4.90 Å². The van der Waals surface area contributed by atoms with Gasteiger partial charge in [0.1, 0.15) is 11.6 Å². The molecule has 0 radical (unpaired) electrons. The van der Waals surface area contributed by atoms with Crippen LogP contribution in [0.4, 0.5) is 14.9 Å². The monoisotopic (exact) mass is 358 g/mol. The van der Waals surface area contributed by atoms with Crippen LogP contribution in [0.5, 0.6) is 5.75 Å². The molecular weight excluding hydrogens is 343 g/mol. The van der Waals surface area contributed by atoms with Gasteiger partial charge in [0.2, 0.25) is 0 Å². The second-order valence-electron chi connectivity index (χ2n) is 5.20. The van der Waals surface area contributed by atoms with E-state index in [0.717, 1.165) is 16.7 Å². The molecule has 0 aromatic heterocycles. The van der Waals surface area contributed by atoms with Crippen LogP contribution >= 0.6 is 11.8 Å². The molecule has 2 aromatic carbocycles. The number of halogens is 1. The Labute approximate surface area is 148 Å². The Hall–Kier alpha value is -2.80. The van der Waals surface area contributed by atoms with Crippen LogP contribution < -0.4 is 10.1 Å². The minimum absolute atomic E-state index is 0.0335. The number of benzene rings is 2. The first kappa shape index (κ1) is 17.0. The number of amides is 2. The molecule has 1 aliphatic rings. The van der Waals surface area contributed by atoms with Crippen molar-refractivity contribution in [3.63, 3.8) is 0 Å². The van der Waals surface area contributed by atoms with Gasteiger partial charge in [0, 0.05) is 0 Å². The maximum Gasteiger partial charge on any atom is 0.295 e. The summed E-state index contributed by atoms with van der Waals surface area (Å²) in [6.07, 6.45) is 1.58. The molecule has 0 atom stereocenters. The molecule has 25 heavy (non-hydrogen) atoms. The van der Waals surface area contributed by atoms with Gasteiger partial charge >= 0.3 is 0 Å². The van der Waals surface area contributed by atoms with Crippen molar-refractivity contribution in [2.75, 3.05) is 19.1 Å². The van der Waals surface area contributed by atoms with Gasteiger partial charge in [0.05, 0.1) is 24.4 Å². The highest BCUT2D eigenvalue weighted by atomic mass is 32.2. The molecule has 3 rings (SSSR count). The zero-order chi connectivity index (χ0) is 17.8. The summed E-state index contributed by atoms with van der Waals surface area (Å²) < 4.78 is 18.2. The number of hydrogen-bond acceptors (Lipinski definition) is 5. The largest absolute Gasteiger partial charge is 0.495 e. The summed E-state index contributed by atoms with van der Waals surface area (Å²) in [5.41, 5.74) is 1.34. The van der Waals surface area contributed by atoms with Gasteiger partial charge in [-0.3, -0.25) is 14.5 Å². The van der Waals surface area contributed by atoms with Gasteiger partial charge in [-0.2, -0.15) is 0 Å². The number of carbonyl (C=O) groups excluding carboxylic acids is 2.